The van der Waals surface area contributed by atoms with Gasteiger partial charge in [0.2, 0.25) is 0 Å². The van der Waals surface area contributed by atoms with Gasteiger partial charge in [0, 0.05) is 37.2 Å². The van der Waals surface area contributed by atoms with Gasteiger partial charge in [0.15, 0.2) is 0 Å². The van der Waals surface area contributed by atoms with Gasteiger partial charge in [0.1, 0.15) is 23.5 Å². The van der Waals surface area contributed by atoms with E-state index in [4.69, 9.17) is 21.3 Å². The zero-order chi connectivity index (χ0) is 28.2. The van der Waals surface area contributed by atoms with E-state index in [1.165, 1.54) is 12.1 Å². The molecular weight excluding hydrogens is 505 g/mol. The lowest BCUT2D eigenvalue weighted by molar-refractivity contribution is 0.0981. The highest BCUT2D eigenvalue weighted by Crippen LogP contribution is 2.27. The Kier molecular flexibility index (Phi) is 7.77. The number of benzene rings is 4. The van der Waals surface area contributed by atoms with Crippen molar-refractivity contribution < 1.29 is 13.9 Å². The summed E-state index contributed by atoms with van der Waals surface area (Å²) in [6.07, 6.45) is 1.74. The molecule has 40 heavy (non-hydrogen) atoms. The third-order valence-electron chi connectivity index (χ3n) is 7.27. The predicted octanol–water partition coefficient (Wildman–Crippen LogP) is 5.95. The van der Waals surface area contributed by atoms with Crippen LogP contribution in [0.2, 0.25) is 0 Å². The summed E-state index contributed by atoms with van der Waals surface area (Å²) < 4.78 is 20.9. The maximum Gasteiger partial charge on any atom is 0.261 e. The highest BCUT2D eigenvalue weighted by Gasteiger charge is 2.23. The molecule has 1 heterocycles. The molecule has 4 aromatic rings. The van der Waals surface area contributed by atoms with Crippen LogP contribution in [0, 0.1) is 16.6 Å². The molecule has 1 saturated heterocycles. The molecule has 0 spiro atoms. The number of amides is 1. The van der Waals surface area contributed by atoms with Crippen molar-refractivity contribution >= 4 is 34.0 Å². The second-order valence-corrected chi connectivity index (χ2v) is 10.1. The van der Waals surface area contributed by atoms with Crippen LogP contribution in [0.15, 0.2) is 84.9 Å². The second-order valence-electron chi connectivity index (χ2n) is 10.1. The number of likely N-dealkylation sites (tertiary alicyclic amines) is 1. The Bertz CT molecular complexity index is 1560. The maximum absolute atomic E-state index is 14.7. The van der Waals surface area contributed by atoms with Crippen LogP contribution in [0.3, 0.4) is 0 Å². The topological polar surface area (TPSA) is 106 Å². The zero-order valence-electron chi connectivity index (χ0n) is 22.4. The minimum atomic E-state index is -0.575. The molecule has 8 heteroatoms. The Balaban J connectivity index is 1.41. The molecule has 1 amide bonds. The van der Waals surface area contributed by atoms with Crippen LogP contribution >= 0.6 is 0 Å². The lowest BCUT2D eigenvalue weighted by atomic mass is 10.0. The van der Waals surface area contributed by atoms with Crippen molar-refractivity contribution in [3.05, 3.63) is 107 Å². The number of hydrogen-bond donors (Lipinski definition) is 3. The molecule has 0 aliphatic carbocycles. The molecule has 0 bridgehead atoms. The standard InChI is InChI=1S/C32H32FN5O2/c1-21(34)37-16-14-28(15-17-37)40-27-12-10-26(11-13-27)38(32(39)29-4-2-3-5-30(29)33)20-22-6-7-23-8-9-24(31(35)36)19-25(23)18-22/h2-13,18-19,28,34H,14-17,20H2,1H3,(H3,35,36). The van der Waals surface area contributed by atoms with Gasteiger partial charge in [-0.1, -0.05) is 36.4 Å². The average molecular weight is 538 g/mol. The van der Waals surface area contributed by atoms with Gasteiger partial charge in [-0.15, -0.1) is 0 Å². The molecule has 204 valence electrons. The summed E-state index contributed by atoms with van der Waals surface area (Å²) >= 11 is 0. The second kappa shape index (κ2) is 11.6. The maximum atomic E-state index is 14.7. The van der Waals surface area contributed by atoms with Gasteiger partial charge in [0.05, 0.1) is 17.9 Å². The fraction of sp³-hybridized carbons (Fsp3) is 0.219. The van der Waals surface area contributed by atoms with Gasteiger partial charge >= 0.3 is 0 Å². The van der Waals surface area contributed by atoms with E-state index >= 15 is 0 Å². The molecule has 4 N–H and O–H groups in total. The fourth-order valence-corrected chi connectivity index (χ4v) is 5.01. The summed E-state index contributed by atoms with van der Waals surface area (Å²) in [5.41, 5.74) is 7.77. The van der Waals surface area contributed by atoms with Crippen molar-refractivity contribution in [2.45, 2.75) is 32.4 Å². The number of amidine groups is 2. The highest BCUT2D eigenvalue weighted by atomic mass is 19.1. The molecule has 4 aromatic carbocycles. The molecule has 1 aliphatic rings. The lowest BCUT2D eigenvalue weighted by Crippen LogP contribution is -2.40. The number of rotatable bonds is 7. The Labute approximate surface area is 233 Å². The summed E-state index contributed by atoms with van der Waals surface area (Å²) in [7, 11) is 0. The molecule has 1 aliphatic heterocycles. The first-order chi connectivity index (χ1) is 19.3. The Hall–Kier alpha value is -4.72. The van der Waals surface area contributed by atoms with Crippen molar-refractivity contribution in [1.29, 1.82) is 10.8 Å². The third kappa shape index (κ3) is 5.96. The van der Waals surface area contributed by atoms with Gasteiger partial charge in [-0.05, 0) is 71.8 Å². The number of hydrogen-bond acceptors (Lipinski definition) is 4. The molecular formula is C32H32FN5O2. The summed E-state index contributed by atoms with van der Waals surface area (Å²) in [5, 5.41) is 17.5. The number of anilines is 1. The van der Waals surface area contributed by atoms with Crippen LogP contribution < -0.4 is 15.4 Å². The van der Waals surface area contributed by atoms with E-state index in [9.17, 15) is 9.18 Å². The van der Waals surface area contributed by atoms with Crippen LogP contribution in [-0.4, -0.2) is 41.7 Å². The highest BCUT2D eigenvalue weighted by molar-refractivity contribution is 6.06. The van der Waals surface area contributed by atoms with E-state index in [1.807, 2.05) is 59.5 Å². The van der Waals surface area contributed by atoms with E-state index in [-0.39, 0.29) is 24.0 Å². The summed E-state index contributed by atoms with van der Waals surface area (Å²) in [6.45, 7) is 3.61. The van der Waals surface area contributed by atoms with Crippen LogP contribution in [0.1, 0.15) is 41.3 Å². The van der Waals surface area contributed by atoms with Crippen LogP contribution in [0.5, 0.6) is 5.75 Å². The predicted molar refractivity (Wildman–Crippen MR) is 157 cm³/mol. The Morgan fingerprint density at radius 3 is 2.35 bits per heavy atom. The smallest absolute Gasteiger partial charge is 0.261 e. The van der Waals surface area contributed by atoms with E-state index in [1.54, 1.807) is 30.0 Å². The molecule has 0 radical (unpaired) electrons. The van der Waals surface area contributed by atoms with Crippen molar-refractivity contribution in [2.75, 3.05) is 18.0 Å². The number of piperidine rings is 1. The normalized spacial score (nSPS) is 13.7. The first-order valence-corrected chi connectivity index (χ1v) is 13.3. The number of nitrogens with zero attached hydrogens (tertiary/aromatic N) is 2. The van der Waals surface area contributed by atoms with E-state index < -0.39 is 11.7 Å². The van der Waals surface area contributed by atoms with Gasteiger partial charge in [-0.2, -0.15) is 0 Å². The molecule has 0 saturated carbocycles. The number of nitrogens with one attached hydrogen (secondary N) is 2. The molecule has 5 rings (SSSR count). The van der Waals surface area contributed by atoms with Crippen LogP contribution in [-0.2, 0) is 6.54 Å². The molecule has 1 fully saturated rings. The fourth-order valence-electron chi connectivity index (χ4n) is 5.01. The van der Waals surface area contributed by atoms with Gasteiger partial charge in [-0.25, -0.2) is 4.39 Å². The zero-order valence-corrected chi connectivity index (χ0v) is 22.4. The summed E-state index contributed by atoms with van der Waals surface area (Å²) in [4.78, 5) is 17.3. The number of carbonyl (C=O) groups excluding carboxylic acids is 1. The summed E-state index contributed by atoms with van der Waals surface area (Å²) in [5.74, 6) is 0.247. The third-order valence-corrected chi connectivity index (χ3v) is 7.27. The molecule has 0 unspecified atom stereocenters. The van der Waals surface area contributed by atoms with Gasteiger partial charge in [-0.3, -0.25) is 15.6 Å². The number of carbonyl (C=O) groups is 1. The van der Waals surface area contributed by atoms with Crippen LogP contribution in [0.25, 0.3) is 10.8 Å². The SMILES string of the molecule is CC(=N)N1CCC(Oc2ccc(N(Cc3ccc4ccc(C(=N)N)cc4c3)C(=O)c3ccccc3F)cc2)CC1. The number of ether oxygens (including phenoxy) is 1. The van der Waals surface area contributed by atoms with E-state index in [2.05, 4.69) is 0 Å². The first kappa shape index (κ1) is 26.9. The van der Waals surface area contributed by atoms with E-state index in [0.29, 0.717) is 22.8 Å². The Morgan fingerprint density at radius 2 is 1.68 bits per heavy atom. The summed E-state index contributed by atoms with van der Waals surface area (Å²) in [6, 6.07) is 24.7. The number of fused-ring (bicyclic) bond motifs is 1. The number of nitrogens with two attached hydrogens (primary N) is 1. The van der Waals surface area contributed by atoms with Crippen LogP contribution in [0.4, 0.5) is 10.1 Å². The van der Waals surface area contributed by atoms with Gasteiger partial charge < -0.3 is 20.3 Å². The lowest BCUT2D eigenvalue weighted by Gasteiger charge is -2.33. The van der Waals surface area contributed by atoms with Crippen molar-refractivity contribution in [3.63, 3.8) is 0 Å². The van der Waals surface area contributed by atoms with Crippen molar-refractivity contribution in [2.24, 2.45) is 5.73 Å². The van der Waals surface area contributed by atoms with Crippen molar-refractivity contribution in [3.8, 4) is 5.75 Å². The molecule has 0 aromatic heterocycles. The number of nitrogen functional groups attached to an aromatic ring is 1. The molecule has 7 nitrogen and oxygen atoms in total. The average Bonchev–Trinajstić information content (AvgIpc) is 2.96. The quantitative estimate of drug-likeness (QED) is 0.200. The minimum absolute atomic E-state index is 0.00395. The Morgan fingerprint density at radius 1 is 0.975 bits per heavy atom. The monoisotopic (exact) mass is 537 g/mol. The molecule has 0 atom stereocenters. The number of halogens is 1. The minimum Gasteiger partial charge on any atom is -0.490 e. The largest absolute Gasteiger partial charge is 0.490 e. The first-order valence-electron chi connectivity index (χ1n) is 13.3. The van der Waals surface area contributed by atoms with Gasteiger partial charge in [0.25, 0.3) is 5.91 Å². The van der Waals surface area contributed by atoms with Crippen molar-refractivity contribution in [1.82, 2.24) is 4.90 Å². The van der Waals surface area contributed by atoms with E-state index in [0.717, 1.165) is 42.3 Å².